The van der Waals surface area contributed by atoms with Crippen LogP contribution >= 0.6 is 11.3 Å². The Kier molecular flexibility index (Phi) is 5.68. The predicted octanol–water partition coefficient (Wildman–Crippen LogP) is 2.17. The van der Waals surface area contributed by atoms with Gasteiger partial charge in [-0.15, -0.1) is 11.3 Å². The number of rotatable bonds is 7. The van der Waals surface area contributed by atoms with Crippen LogP contribution in [0.4, 0.5) is 5.82 Å². The topological polar surface area (TPSA) is 62.6 Å². The van der Waals surface area contributed by atoms with Crippen molar-refractivity contribution in [1.29, 1.82) is 0 Å². The van der Waals surface area contributed by atoms with Crippen molar-refractivity contribution in [2.24, 2.45) is 0 Å². The van der Waals surface area contributed by atoms with E-state index < -0.39 is 0 Å². The zero-order valence-electron chi connectivity index (χ0n) is 17.3. The van der Waals surface area contributed by atoms with Gasteiger partial charge in [0, 0.05) is 30.9 Å². The van der Waals surface area contributed by atoms with Crippen LogP contribution in [0.2, 0.25) is 0 Å². The molecule has 2 aromatic rings. The highest BCUT2D eigenvalue weighted by molar-refractivity contribution is 7.19. The van der Waals surface area contributed by atoms with Crippen molar-refractivity contribution in [3.8, 4) is 0 Å². The number of likely N-dealkylation sites (tertiary alicyclic amines) is 2. The average Bonchev–Trinajstić information content (AvgIpc) is 3.42. The lowest BCUT2D eigenvalue weighted by molar-refractivity contribution is -0.919. The summed E-state index contributed by atoms with van der Waals surface area (Å²) in [5.74, 6) is 2.34. The Bertz CT molecular complexity index is 889. The van der Waals surface area contributed by atoms with Gasteiger partial charge >= 0.3 is 0 Å². The van der Waals surface area contributed by atoms with Crippen LogP contribution in [-0.2, 0) is 24.2 Å². The first-order chi connectivity index (χ1) is 14.3. The van der Waals surface area contributed by atoms with Gasteiger partial charge in [-0.05, 0) is 56.9 Å². The number of hydrogen-bond donors (Lipinski definition) is 2. The molecule has 7 heteroatoms. The van der Waals surface area contributed by atoms with E-state index in [-0.39, 0.29) is 0 Å². The van der Waals surface area contributed by atoms with Crippen molar-refractivity contribution in [3.05, 3.63) is 16.3 Å². The minimum absolute atomic E-state index is 0.317. The first kappa shape index (κ1) is 19.2. The minimum atomic E-state index is 0.317. The third-order valence-corrected chi connectivity index (χ3v) is 7.83. The van der Waals surface area contributed by atoms with Gasteiger partial charge in [0.05, 0.1) is 18.5 Å². The van der Waals surface area contributed by atoms with Crippen molar-refractivity contribution in [2.45, 2.75) is 64.3 Å². The maximum atomic E-state index is 11.8. The van der Waals surface area contributed by atoms with Gasteiger partial charge < -0.3 is 15.1 Å². The Hall–Kier alpha value is -1.73. The fourth-order valence-corrected chi connectivity index (χ4v) is 6.40. The van der Waals surface area contributed by atoms with Gasteiger partial charge in [0.15, 0.2) is 5.82 Å². The maximum Gasteiger partial charge on any atom is 0.222 e. The van der Waals surface area contributed by atoms with Gasteiger partial charge in [0.1, 0.15) is 17.2 Å². The van der Waals surface area contributed by atoms with Gasteiger partial charge in [-0.1, -0.05) is 0 Å². The number of piperidine rings is 1. The summed E-state index contributed by atoms with van der Waals surface area (Å²) in [5, 5.41) is 4.90. The summed E-state index contributed by atoms with van der Waals surface area (Å²) >= 11 is 1.88. The molecule has 2 fully saturated rings. The van der Waals surface area contributed by atoms with Crippen molar-refractivity contribution >= 4 is 33.3 Å². The van der Waals surface area contributed by atoms with E-state index >= 15 is 0 Å². The molecule has 3 aliphatic rings. The lowest BCUT2D eigenvalue weighted by Crippen LogP contribution is -3.11. The monoisotopic (exact) mass is 414 g/mol. The number of hydrogen-bond acceptors (Lipinski definition) is 5. The molecule has 0 saturated carbocycles. The molecule has 2 aromatic heterocycles. The number of thiophene rings is 1. The number of carbonyl (C=O) groups excluding carboxylic acids is 1. The minimum Gasteiger partial charge on any atom is -0.369 e. The molecule has 0 unspecified atom stereocenters. The average molecular weight is 415 g/mol. The molecule has 6 nitrogen and oxygen atoms in total. The quantitative estimate of drug-likeness (QED) is 0.682. The molecule has 0 aromatic carbocycles. The predicted molar refractivity (Wildman–Crippen MR) is 117 cm³/mol. The molecule has 4 heterocycles. The zero-order valence-corrected chi connectivity index (χ0v) is 18.1. The third kappa shape index (κ3) is 4.12. The first-order valence-corrected chi connectivity index (χ1v) is 12.3. The number of fused-ring (bicyclic) bond motifs is 3. The number of carbonyl (C=O) groups is 1. The van der Waals surface area contributed by atoms with E-state index in [9.17, 15) is 4.79 Å². The van der Waals surface area contributed by atoms with Crippen LogP contribution in [0.15, 0.2) is 0 Å². The first-order valence-electron chi connectivity index (χ1n) is 11.4. The second kappa shape index (κ2) is 8.56. The van der Waals surface area contributed by atoms with Crippen LogP contribution in [0.3, 0.4) is 0 Å². The van der Waals surface area contributed by atoms with E-state index in [0.29, 0.717) is 5.91 Å². The van der Waals surface area contributed by atoms with Crippen molar-refractivity contribution in [3.63, 3.8) is 0 Å². The van der Waals surface area contributed by atoms with Gasteiger partial charge in [-0.2, -0.15) is 0 Å². The van der Waals surface area contributed by atoms with Gasteiger partial charge in [0.2, 0.25) is 5.91 Å². The SMILES string of the molecule is O=C1CCCN1CCCNc1nc(C[NH+]2CCCCC2)nc2sc3c(c12)CCC3. The number of aromatic nitrogens is 2. The summed E-state index contributed by atoms with van der Waals surface area (Å²) in [6.07, 6.45) is 10.3. The van der Waals surface area contributed by atoms with Gasteiger partial charge in [-0.3, -0.25) is 4.79 Å². The van der Waals surface area contributed by atoms with E-state index in [1.807, 2.05) is 16.2 Å². The van der Waals surface area contributed by atoms with Crippen LogP contribution in [-0.4, -0.2) is 53.5 Å². The Labute approximate surface area is 176 Å². The summed E-state index contributed by atoms with van der Waals surface area (Å²) in [4.78, 5) is 28.1. The molecule has 2 saturated heterocycles. The maximum absolute atomic E-state index is 11.8. The lowest BCUT2D eigenvalue weighted by atomic mass is 10.1. The normalized spacial score (nSPS) is 20.0. The second-order valence-corrected chi connectivity index (χ2v) is 9.86. The third-order valence-electron chi connectivity index (χ3n) is 6.65. The van der Waals surface area contributed by atoms with Crippen LogP contribution in [0, 0.1) is 0 Å². The Morgan fingerprint density at radius 2 is 1.93 bits per heavy atom. The fraction of sp³-hybridized carbons (Fsp3) is 0.682. The molecule has 156 valence electrons. The van der Waals surface area contributed by atoms with E-state index in [1.54, 1.807) is 4.90 Å². The number of nitrogens with zero attached hydrogens (tertiary/aromatic N) is 3. The molecule has 5 rings (SSSR count). The van der Waals surface area contributed by atoms with Crippen molar-refractivity contribution in [1.82, 2.24) is 14.9 Å². The number of quaternary nitrogens is 1. The van der Waals surface area contributed by atoms with Crippen molar-refractivity contribution in [2.75, 3.05) is 38.0 Å². The van der Waals surface area contributed by atoms with Crippen molar-refractivity contribution < 1.29 is 9.69 Å². The number of nitrogens with one attached hydrogen (secondary N) is 2. The van der Waals surface area contributed by atoms with E-state index in [4.69, 9.17) is 9.97 Å². The van der Waals surface area contributed by atoms with E-state index in [0.717, 1.165) is 63.5 Å². The molecule has 0 atom stereocenters. The second-order valence-electron chi connectivity index (χ2n) is 8.78. The number of amides is 1. The Morgan fingerprint density at radius 3 is 2.76 bits per heavy atom. The number of anilines is 1. The zero-order chi connectivity index (χ0) is 19.6. The highest BCUT2D eigenvalue weighted by atomic mass is 32.1. The largest absolute Gasteiger partial charge is 0.369 e. The molecule has 1 amide bonds. The summed E-state index contributed by atoms with van der Waals surface area (Å²) in [7, 11) is 0. The van der Waals surface area contributed by atoms with E-state index in [1.165, 1.54) is 65.9 Å². The van der Waals surface area contributed by atoms with Crippen LogP contribution < -0.4 is 10.2 Å². The molecule has 29 heavy (non-hydrogen) atoms. The van der Waals surface area contributed by atoms with E-state index in [2.05, 4.69) is 5.32 Å². The molecule has 0 bridgehead atoms. The molecule has 2 aliphatic heterocycles. The summed E-state index contributed by atoms with van der Waals surface area (Å²) < 4.78 is 0. The van der Waals surface area contributed by atoms with Gasteiger partial charge in [-0.25, -0.2) is 9.97 Å². The Balaban J connectivity index is 1.32. The highest BCUT2D eigenvalue weighted by Crippen LogP contribution is 2.39. The molecule has 0 spiro atoms. The highest BCUT2D eigenvalue weighted by Gasteiger charge is 2.24. The summed E-state index contributed by atoms with van der Waals surface area (Å²) in [5.41, 5.74) is 1.49. The summed E-state index contributed by atoms with van der Waals surface area (Å²) in [6.45, 7) is 6.07. The lowest BCUT2D eigenvalue weighted by Gasteiger charge is -2.23. The fourth-order valence-electron chi connectivity index (χ4n) is 5.12. The molecule has 2 N–H and O–H groups in total. The molecule has 1 aliphatic carbocycles. The van der Waals surface area contributed by atoms with Crippen LogP contribution in [0.25, 0.3) is 10.2 Å². The summed E-state index contributed by atoms with van der Waals surface area (Å²) in [6, 6.07) is 0. The number of aryl methyl sites for hydroxylation is 2. The standard InChI is InChI=1S/C22H31N5OS/c28-19-9-5-13-27(19)14-6-10-23-21-20-16-7-4-8-17(16)29-22(20)25-18(24-21)15-26-11-2-1-3-12-26/h1-15H2,(H,23,24,25)/p+1. The van der Waals surface area contributed by atoms with Crippen LogP contribution in [0.1, 0.15) is 61.2 Å². The van der Waals surface area contributed by atoms with Gasteiger partial charge in [0.25, 0.3) is 0 Å². The van der Waals surface area contributed by atoms with Crippen LogP contribution in [0.5, 0.6) is 0 Å². The molecular formula is C22H32N5OS+. The molecular weight excluding hydrogens is 382 g/mol. The smallest absolute Gasteiger partial charge is 0.222 e. The molecule has 0 radical (unpaired) electrons. The Morgan fingerprint density at radius 1 is 1.03 bits per heavy atom.